The molecular weight excluding hydrogens is 242 g/mol. The largest absolute Gasteiger partial charge is 0.382 e. The molecular formula is C14H17N3O2. The molecule has 4 N–H and O–H groups in total. The maximum absolute atomic E-state index is 10.7. The predicted molar refractivity (Wildman–Crippen MR) is 70.0 cm³/mol. The monoisotopic (exact) mass is 259 g/mol. The van der Waals surface area contributed by atoms with E-state index < -0.39 is 17.4 Å². The van der Waals surface area contributed by atoms with Gasteiger partial charge in [-0.2, -0.15) is 5.26 Å². The van der Waals surface area contributed by atoms with E-state index in [2.05, 4.69) is 11.4 Å². The number of nitrogens with one attached hydrogen (secondary N) is 1. The number of nitrogens with two attached hydrogens (primary N) is 1. The summed E-state index contributed by atoms with van der Waals surface area (Å²) in [6, 6.07) is 12.2. The summed E-state index contributed by atoms with van der Waals surface area (Å²) < 4.78 is 0. The van der Waals surface area contributed by atoms with Crippen LogP contribution in [0.1, 0.15) is 18.4 Å². The Bertz CT molecular complexity index is 489. The van der Waals surface area contributed by atoms with E-state index in [0.29, 0.717) is 12.8 Å². The Labute approximate surface area is 112 Å². The molecule has 1 aromatic carbocycles. The van der Waals surface area contributed by atoms with Gasteiger partial charge in [-0.05, 0) is 18.4 Å². The Hall–Kier alpha value is -1.90. The molecule has 1 atom stereocenters. The van der Waals surface area contributed by atoms with E-state index >= 15 is 0 Å². The fraction of sp³-hybridized carbons (Fsp3) is 0.429. The molecule has 0 aromatic heterocycles. The third kappa shape index (κ3) is 2.75. The first kappa shape index (κ1) is 13.5. The van der Waals surface area contributed by atoms with Crippen LogP contribution in [-0.4, -0.2) is 29.7 Å². The second kappa shape index (κ2) is 5.39. The maximum Gasteiger partial charge on any atom is 0.247 e. The molecule has 2 rings (SSSR count). The van der Waals surface area contributed by atoms with Crippen LogP contribution in [-0.2, 0) is 10.2 Å². The molecule has 1 unspecified atom stereocenters. The van der Waals surface area contributed by atoms with Crippen LogP contribution in [0, 0.1) is 11.3 Å². The zero-order valence-corrected chi connectivity index (χ0v) is 10.5. The van der Waals surface area contributed by atoms with Crippen LogP contribution in [0.25, 0.3) is 0 Å². The van der Waals surface area contributed by atoms with Crippen molar-refractivity contribution in [3.8, 4) is 6.07 Å². The Kier molecular flexibility index (Phi) is 3.84. The number of nitriles is 1. The SMILES string of the molecule is N#CC1(c2ccccc2)CC(NCC(O)C(N)=O)C1. The number of hydrogen-bond acceptors (Lipinski definition) is 4. The number of benzene rings is 1. The zero-order chi connectivity index (χ0) is 13.9. The highest BCUT2D eigenvalue weighted by Crippen LogP contribution is 2.43. The lowest BCUT2D eigenvalue weighted by molar-refractivity contribution is -0.125. The van der Waals surface area contributed by atoms with Gasteiger partial charge in [-0.15, -0.1) is 0 Å². The highest BCUT2D eigenvalue weighted by atomic mass is 16.3. The highest BCUT2D eigenvalue weighted by Gasteiger charge is 2.45. The van der Waals surface area contributed by atoms with E-state index in [9.17, 15) is 15.2 Å². The fourth-order valence-electron chi connectivity index (χ4n) is 2.45. The zero-order valence-electron chi connectivity index (χ0n) is 10.5. The molecule has 1 amide bonds. The summed E-state index contributed by atoms with van der Waals surface area (Å²) >= 11 is 0. The molecule has 1 aromatic rings. The molecule has 0 radical (unpaired) electrons. The minimum absolute atomic E-state index is 0.133. The van der Waals surface area contributed by atoms with Gasteiger partial charge in [0.2, 0.25) is 5.91 Å². The predicted octanol–water partition coefficient (Wildman–Crippen LogP) is 0.0462. The Morgan fingerprint density at radius 3 is 2.68 bits per heavy atom. The molecule has 0 bridgehead atoms. The van der Waals surface area contributed by atoms with Crippen LogP contribution in [0.4, 0.5) is 0 Å². The van der Waals surface area contributed by atoms with Crippen LogP contribution in [0.15, 0.2) is 30.3 Å². The first-order valence-corrected chi connectivity index (χ1v) is 6.25. The van der Waals surface area contributed by atoms with Gasteiger partial charge >= 0.3 is 0 Å². The van der Waals surface area contributed by atoms with Crippen molar-refractivity contribution in [2.45, 2.75) is 30.4 Å². The topological polar surface area (TPSA) is 99.1 Å². The van der Waals surface area contributed by atoms with Crippen molar-refractivity contribution < 1.29 is 9.90 Å². The van der Waals surface area contributed by atoms with E-state index in [4.69, 9.17) is 5.73 Å². The lowest BCUT2D eigenvalue weighted by Gasteiger charge is -2.43. The van der Waals surface area contributed by atoms with Crippen molar-refractivity contribution >= 4 is 5.91 Å². The van der Waals surface area contributed by atoms with Crippen molar-refractivity contribution in [1.82, 2.24) is 5.32 Å². The van der Waals surface area contributed by atoms with E-state index in [0.717, 1.165) is 5.56 Å². The summed E-state index contributed by atoms with van der Waals surface area (Å²) in [5, 5.41) is 21.7. The van der Waals surface area contributed by atoms with Crippen LogP contribution in [0.3, 0.4) is 0 Å². The number of carbonyl (C=O) groups is 1. The van der Waals surface area contributed by atoms with Gasteiger partial charge in [0.1, 0.15) is 6.10 Å². The number of rotatable bonds is 5. The van der Waals surface area contributed by atoms with Gasteiger partial charge in [0, 0.05) is 12.6 Å². The molecule has 0 heterocycles. The molecule has 5 heteroatoms. The van der Waals surface area contributed by atoms with E-state index in [1.54, 1.807) is 0 Å². The third-order valence-corrected chi connectivity index (χ3v) is 3.66. The van der Waals surface area contributed by atoms with Crippen molar-refractivity contribution in [3.63, 3.8) is 0 Å². The molecule has 100 valence electrons. The molecule has 1 aliphatic carbocycles. The lowest BCUT2D eigenvalue weighted by atomic mass is 9.62. The van der Waals surface area contributed by atoms with Crippen LogP contribution in [0.5, 0.6) is 0 Å². The normalized spacial score (nSPS) is 27.1. The van der Waals surface area contributed by atoms with Gasteiger partial charge in [0.25, 0.3) is 0 Å². The smallest absolute Gasteiger partial charge is 0.247 e. The molecule has 1 saturated carbocycles. The van der Waals surface area contributed by atoms with Gasteiger partial charge in [0.15, 0.2) is 0 Å². The van der Waals surface area contributed by atoms with Gasteiger partial charge in [-0.3, -0.25) is 4.79 Å². The van der Waals surface area contributed by atoms with E-state index in [1.807, 2.05) is 30.3 Å². The van der Waals surface area contributed by atoms with Gasteiger partial charge in [-0.25, -0.2) is 0 Å². The number of carbonyl (C=O) groups excluding carboxylic acids is 1. The van der Waals surface area contributed by atoms with Crippen molar-refractivity contribution in [3.05, 3.63) is 35.9 Å². The second-order valence-electron chi connectivity index (χ2n) is 4.99. The number of amides is 1. The summed E-state index contributed by atoms with van der Waals surface area (Å²) in [5.74, 6) is -0.735. The van der Waals surface area contributed by atoms with Gasteiger partial charge < -0.3 is 16.2 Å². The Morgan fingerprint density at radius 1 is 1.53 bits per heavy atom. The first-order chi connectivity index (χ1) is 9.07. The van der Waals surface area contributed by atoms with Crippen LogP contribution >= 0.6 is 0 Å². The summed E-state index contributed by atoms with van der Waals surface area (Å²) in [4.78, 5) is 10.7. The maximum atomic E-state index is 10.7. The molecule has 0 spiro atoms. The molecule has 0 saturated heterocycles. The van der Waals surface area contributed by atoms with E-state index in [-0.39, 0.29) is 12.6 Å². The minimum atomic E-state index is -1.17. The fourth-order valence-corrected chi connectivity index (χ4v) is 2.45. The summed E-state index contributed by atoms with van der Waals surface area (Å²) in [6.07, 6.45) is 0.187. The number of hydrogen-bond donors (Lipinski definition) is 3. The quantitative estimate of drug-likeness (QED) is 0.695. The van der Waals surface area contributed by atoms with Gasteiger partial charge in [0.05, 0.1) is 11.5 Å². The Balaban J connectivity index is 1.90. The van der Waals surface area contributed by atoms with Crippen LogP contribution < -0.4 is 11.1 Å². The van der Waals surface area contributed by atoms with Gasteiger partial charge in [-0.1, -0.05) is 30.3 Å². The molecule has 19 heavy (non-hydrogen) atoms. The Morgan fingerprint density at radius 2 is 2.16 bits per heavy atom. The second-order valence-corrected chi connectivity index (χ2v) is 4.99. The molecule has 5 nitrogen and oxygen atoms in total. The molecule has 0 aliphatic heterocycles. The van der Waals surface area contributed by atoms with Crippen LogP contribution in [0.2, 0.25) is 0 Å². The average Bonchev–Trinajstić information content (AvgIpc) is 2.38. The summed E-state index contributed by atoms with van der Waals surface area (Å²) in [7, 11) is 0. The lowest BCUT2D eigenvalue weighted by Crippen LogP contribution is -2.53. The average molecular weight is 259 g/mol. The molecule has 1 fully saturated rings. The molecule has 1 aliphatic rings. The van der Waals surface area contributed by atoms with E-state index in [1.165, 1.54) is 0 Å². The number of aliphatic hydroxyl groups is 1. The van der Waals surface area contributed by atoms with Crippen molar-refractivity contribution in [2.75, 3.05) is 6.54 Å². The first-order valence-electron chi connectivity index (χ1n) is 6.25. The number of primary amides is 1. The number of aliphatic hydroxyl groups excluding tert-OH is 1. The summed E-state index contributed by atoms with van der Waals surface area (Å²) in [6.45, 7) is 0.135. The minimum Gasteiger partial charge on any atom is -0.382 e. The third-order valence-electron chi connectivity index (χ3n) is 3.66. The van der Waals surface area contributed by atoms with Crippen molar-refractivity contribution in [1.29, 1.82) is 5.26 Å². The highest BCUT2D eigenvalue weighted by molar-refractivity contribution is 5.78. The summed E-state index contributed by atoms with van der Waals surface area (Å²) in [5.41, 5.74) is 5.54. The standard InChI is InChI=1S/C14H17N3O2/c15-9-14(10-4-2-1-3-5-10)6-11(7-14)17-8-12(18)13(16)19/h1-5,11-12,17-18H,6-8H2,(H2,16,19). The van der Waals surface area contributed by atoms with Crippen molar-refractivity contribution in [2.24, 2.45) is 5.73 Å². The number of nitrogens with zero attached hydrogens (tertiary/aromatic N) is 1.